The van der Waals surface area contributed by atoms with Gasteiger partial charge in [-0.15, -0.1) is 0 Å². The maximum absolute atomic E-state index is 5.88. The van der Waals surface area contributed by atoms with E-state index in [-0.39, 0.29) is 0 Å². The highest BCUT2D eigenvalue weighted by molar-refractivity contribution is 4.90. The van der Waals surface area contributed by atoms with Gasteiger partial charge in [0.2, 0.25) is 0 Å². The van der Waals surface area contributed by atoms with Crippen molar-refractivity contribution in [1.29, 1.82) is 0 Å². The third-order valence-corrected chi connectivity index (χ3v) is 3.49. The first-order valence-electron chi connectivity index (χ1n) is 5.71. The molecule has 76 valence electrons. The van der Waals surface area contributed by atoms with Crippen molar-refractivity contribution in [3.63, 3.8) is 0 Å². The molecule has 0 radical (unpaired) electrons. The van der Waals surface area contributed by atoms with Gasteiger partial charge in [-0.2, -0.15) is 0 Å². The van der Waals surface area contributed by atoms with E-state index in [1.165, 1.54) is 51.7 Å². The molecule has 2 rings (SSSR count). The van der Waals surface area contributed by atoms with Crippen molar-refractivity contribution >= 4 is 0 Å². The monoisotopic (exact) mass is 183 g/mol. The summed E-state index contributed by atoms with van der Waals surface area (Å²) in [5.74, 6) is 0. The Morgan fingerprint density at radius 3 is 2.54 bits per heavy atom. The smallest absolute Gasteiger partial charge is 0.0707 e. The topological polar surface area (TPSA) is 12.5 Å². The highest BCUT2D eigenvalue weighted by Gasteiger charge is 2.37. The van der Waals surface area contributed by atoms with E-state index >= 15 is 0 Å². The summed E-state index contributed by atoms with van der Waals surface area (Å²) in [6, 6.07) is 0. The molecule has 2 heterocycles. The van der Waals surface area contributed by atoms with Gasteiger partial charge >= 0.3 is 0 Å². The van der Waals surface area contributed by atoms with Crippen molar-refractivity contribution in [2.75, 3.05) is 26.2 Å². The van der Waals surface area contributed by atoms with Gasteiger partial charge in [0.1, 0.15) is 0 Å². The molecule has 13 heavy (non-hydrogen) atoms. The number of ether oxygens (including phenoxy) is 1. The van der Waals surface area contributed by atoms with Crippen molar-refractivity contribution < 1.29 is 4.74 Å². The summed E-state index contributed by atoms with van der Waals surface area (Å²) < 4.78 is 5.88. The lowest BCUT2D eigenvalue weighted by Gasteiger charge is -2.38. The van der Waals surface area contributed by atoms with Crippen LogP contribution in [0.1, 0.15) is 39.0 Å². The van der Waals surface area contributed by atoms with E-state index in [0.29, 0.717) is 5.60 Å². The molecule has 0 aromatic rings. The van der Waals surface area contributed by atoms with Gasteiger partial charge in [-0.25, -0.2) is 0 Å². The van der Waals surface area contributed by atoms with Crippen molar-refractivity contribution in [3.05, 3.63) is 0 Å². The predicted molar refractivity (Wildman–Crippen MR) is 53.9 cm³/mol. The molecule has 2 aliphatic rings. The lowest BCUT2D eigenvalue weighted by Crippen LogP contribution is -2.44. The Morgan fingerprint density at radius 1 is 1.23 bits per heavy atom. The van der Waals surface area contributed by atoms with Crippen LogP contribution in [0.4, 0.5) is 0 Å². The molecule has 0 bridgehead atoms. The number of nitrogens with zero attached hydrogens (tertiary/aromatic N) is 1. The van der Waals surface area contributed by atoms with E-state index in [9.17, 15) is 0 Å². The molecular formula is C11H21NO. The van der Waals surface area contributed by atoms with E-state index in [2.05, 4.69) is 11.8 Å². The normalized spacial score (nSPS) is 28.4. The van der Waals surface area contributed by atoms with Crippen LogP contribution in [-0.2, 0) is 4.74 Å². The fourth-order valence-corrected chi connectivity index (χ4v) is 2.65. The average molecular weight is 183 g/mol. The van der Waals surface area contributed by atoms with Crippen LogP contribution < -0.4 is 0 Å². The van der Waals surface area contributed by atoms with Crippen LogP contribution in [0.25, 0.3) is 0 Å². The molecule has 0 aromatic heterocycles. The second-order valence-electron chi connectivity index (χ2n) is 4.48. The molecule has 2 fully saturated rings. The van der Waals surface area contributed by atoms with E-state index in [1.54, 1.807) is 0 Å². The van der Waals surface area contributed by atoms with Gasteiger partial charge in [0, 0.05) is 19.7 Å². The van der Waals surface area contributed by atoms with Gasteiger partial charge in [0.05, 0.1) is 5.60 Å². The maximum Gasteiger partial charge on any atom is 0.0707 e. The summed E-state index contributed by atoms with van der Waals surface area (Å²) in [4.78, 5) is 2.58. The van der Waals surface area contributed by atoms with Crippen molar-refractivity contribution in [1.82, 2.24) is 4.90 Å². The minimum atomic E-state index is 0.310. The molecule has 2 aliphatic heterocycles. The summed E-state index contributed by atoms with van der Waals surface area (Å²) in [7, 11) is 0. The summed E-state index contributed by atoms with van der Waals surface area (Å²) in [6.45, 7) is 7.06. The first-order chi connectivity index (χ1) is 6.35. The zero-order valence-corrected chi connectivity index (χ0v) is 8.72. The lowest BCUT2D eigenvalue weighted by molar-refractivity contribution is -0.0432. The summed E-state index contributed by atoms with van der Waals surface area (Å²) in [5.41, 5.74) is 0.310. The van der Waals surface area contributed by atoms with Crippen LogP contribution in [0.15, 0.2) is 0 Å². The van der Waals surface area contributed by atoms with Gasteiger partial charge in [-0.3, -0.25) is 0 Å². The van der Waals surface area contributed by atoms with E-state index in [1.807, 2.05) is 0 Å². The molecule has 0 aliphatic carbocycles. The molecule has 1 spiro atoms. The largest absolute Gasteiger partial charge is 0.375 e. The first kappa shape index (κ1) is 9.47. The lowest BCUT2D eigenvalue weighted by atomic mass is 9.89. The van der Waals surface area contributed by atoms with E-state index in [0.717, 1.165) is 6.61 Å². The summed E-state index contributed by atoms with van der Waals surface area (Å²) in [6.07, 6.45) is 6.43. The minimum absolute atomic E-state index is 0.310. The van der Waals surface area contributed by atoms with Crippen molar-refractivity contribution in [2.24, 2.45) is 0 Å². The fraction of sp³-hybridized carbons (Fsp3) is 1.00. The molecule has 2 heteroatoms. The Balaban J connectivity index is 1.81. The molecule has 0 amide bonds. The van der Waals surface area contributed by atoms with Crippen LogP contribution in [0.3, 0.4) is 0 Å². The number of piperidine rings is 1. The number of hydrogen-bond donors (Lipinski definition) is 0. The average Bonchev–Trinajstić information content (AvgIpc) is 2.59. The second kappa shape index (κ2) is 3.97. The zero-order valence-electron chi connectivity index (χ0n) is 8.72. The Bertz CT molecular complexity index is 153. The molecule has 0 atom stereocenters. The second-order valence-corrected chi connectivity index (χ2v) is 4.48. The Kier molecular flexibility index (Phi) is 2.89. The Hall–Kier alpha value is -0.0800. The van der Waals surface area contributed by atoms with Crippen LogP contribution >= 0.6 is 0 Å². The maximum atomic E-state index is 5.88. The Morgan fingerprint density at radius 2 is 2.00 bits per heavy atom. The molecule has 2 saturated heterocycles. The highest BCUT2D eigenvalue weighted by atomic mass is 16.5. The number of likely N-dealkylation sites (tertiary alicyclic amines) is 1. The fourth-order valence-electron chi connectivity index (χ4n) is 2.65. The zero-order chi connectivity index (χ0) is 9.15. The van der Waals surface area contributed by atoms with Gasteiger partial charge in [-0.05, 0) is 38.6 Å². The van der Waals surface area contributed by atoms with Gasteiger partial charge in [-0.1, -0.05) is 6.92 Å². The van der Waals surface area contributed by atoms with Crippen LogP contribution in [0, 0.1) is 0 Å². The van der Waals surface area contributed by atoms with Crippen LogP contribution in [0.5, 0.6) is 0 Å². The van der Waals surface area contributed by atoms with Gasteiger partial charge in [0.25, 0.3) is 0 Å². The standard InChI is InChI=1S/C11H21NO/c1-2-7-12-8-5-11(6-9-12)4-3-10-13-11/h2-10H2,1H3. The number of rotatable bonds is 2. The van der Waals surface area contributed by atoms with Gasteiger partial charge in [0.15, 0.2) is 0 Å². The van der Waals surface area contributed by atoms with Crippen molar-refractivity contribution in [2.45, 2.75) is 44.6 Å². The molecule has 0 N–H and O–H groups in total. The summed E-state index contributed by atoms with van der Waals surface area (Å²) >= 11 is 0. The quantitative estimate of drug-likeness (QED) is 0.649. The summed E-state index contributed by atoms with van der Waals surface area (Å²) in [5, 5.41) is 0. The third-order valence-electron chi connectivity index (χ3n) is 3.49. The highest BCUT2D eigenvalue weighted by Crippen LogP contribution is 2.35. The minimum Gasteiger partial charge on any atom is -0.375 e. The molecule has 0 unspecified atom stereocenters. The van der Waals surface area contributed by atoms with Crippen LogP contribution in [0.2, 0.25) is 0 Å². The van der Waals surface area contributed by atoms with E-state index < -0.39 is 0 Å². The molecule has 0 aromatic carbocycles. The predicted octanol–water partition coefficient (Wildman–Crippen LogP) is 2.04. The molecule has 0 saturated carbocycles. The third kappa shape index (κ3) is 2.05. The molecule has 2 nitrogen and oxygen atoms in total. The first-order valence-corrected chi connectivity index (χ1v) is 5.71. The van der Waals surface area contributed by atoms with Crippen LogP contribution in [-0.4, -0.2) is 36.7 Å². The molecular weight excluding hydrogens is 162 g/mol. The Labute approximate surface area is 81.3 Å². The number of hydrogen-bond acceptors (Lipinski definition) is 2. The van der Waals surface area contributed by atoms with Gasteiger partial charge < -0.3 is 9.64 Å². The SMILES string of the molecule is CCCN1CCC2(CCCO2)CC1. The van der Waals surface area contributed by atoms with Crippen molar-refractivity contribution in [3.8, 4) is 0 Å². The van der Waals surface area contributed by atoms with E-state index in [4.69, 9.17) is 4.74 Å².